The maximum atomic E-state index is 10.8. The molecule has 0 saturated heterocycles. The van der Waals surface area contributed by atoms with Crippen molar-refractivity contribution >= 4 is 17.5 Å². The Hall–Kier alpha value is -2.60. The second-order valence-corrected chi connectivity index (χ2v) is 7.22. The van der Waals surface area contributed by atoms with Crippen molar-refractivity contribution in [3.05, 3.63) is 53.0 Å². The highest BCUT2D eigenvalue weighted by Crippen LogP contribution is 2.36. The van der Waals surface area contributed by atoms with Crippen LogP contribution in [0.1, 0.15) is 24.6 Å². The summed E-state index contributed by atoms with van der Waals surface area (Å²) in [5.41, 5.74) is 4.85. The van der Waals surface area contributed by atoms with Gasteiger partial charge in [-0.05, 0) is 42.4 Å². The van der Waals surface area contributed by atoms with Crippen LogP contribution in [0.2, 0.25) is 0 Å². The normalized spacial score (nSPS) is 16.4. The summed E-state index contributed by atoms with van der Waals surface area (Å²) in [5.74, 6) is 0.798. The summed E-state index contributed by atoms with van der Waals surface area (Å²) in [6.45, 7) is 2.28. The van der Waals surface area contributed by atoms with E-state index in [-0.39, 0.29) is 5.88 Å². The maximum absolute atomic E-state index is 10.8. The van der Waals surface area contributed by atoms with Gasteiger partial charge in [-0.1, -0.05) is 37.3 Å². The van der Waals surface area contributed by atoms with Crippen LogP contribution in [0.15, 0.2) is 41.8 Å². The number of aromatic nitrogens is 2. The SMILES string of the molecule is CC1CCc2c(cc(-c3ccccc3)n2-c2nc(OC(=O)O)cs2)C1. The van der Waals surface area contributed by atoms with Crippen molar-refractivity contribution in [3.8, 4) is 22.3 Å². The van der Waals surface area contributed by atoms with Gasteiger partial charge < -0.3 is 9.84 Å². The topological polar surface area (TPSA) is 64.4 Å². The van der Waals surface area contributed by atoms with Gasteiger partial charge in [0.2, 0.25) is 5.88 Å². The maximum Gasteiger partial charge on any atom is 0.512 e. The minimum Gasteiger partial charge on any atom is -0.449 e. The van der Waals surface area contributed by atoms with E-state index in [9.17, 15) is 4.79 Å². The Kier molecular flexibility index (Phi) is 4.05. The number of ether oxygens (including phenoxy) is 1. The van der Waals surface area contributed by atoms with Gasteiger partial charge in [-0.25, -0.2) is 4.79 Å². The van der Waals surface area contributed by atoms with Crippen molar-refractivity contribution in [2.45, 2.75) is 26.2 Å². The quantitative estimate of drug-likeness (QED) is 0.687. The fourth-order valence-electron chi connectivity index (χ4n) is 3.44. The molecule has 6 heteroatoms. The van der Waals surface area contributed by atoms with Crippen LogP contribution in [-0.4, -0.2) is 20.8 Å². The van der Waals surface area contributed by atoms with Crippen LogP contribution < -0.4 is 4.74 Å². The van der Waals surface area contributed by atoms with E-state index in [4.69, 9.17) is 9.84 Å². The zero-order chi connectivity index (χ0) is 17.4. The minimum absolute atomic E-state index is 0.123. The van der Waals surface area contributed by atoms with Gasteiger partial charge in [0, 0.05) is 5.69 Å². The molecule has 2 aromatic heterocycles. The van der Waals surface area contributed by atoms with E-state index in [2.05, 4.69) is 34.7 Å². The van der Waals surface area contributed by atoms with E-state index in [0.29, 0.717) is 5.92 Å². The molecule has 2 heterocycles. The predicted molar refractivity (Wildman–Crippen MR) is 96.7 cm³/mol. The van der Waals surface area contributed by atoms with Crippen LogP contribution in [0, 0.1) is 5.92 Å². The summed E-state index contributed by atoms with van der Waals surface area (Å²) in [5, 5.41) is 11.2. The Morgan fingerprint density at radius 3 is 2.92 bits per heavy atom. The molecule has 3 aromatic rings. The Labute approximate surface area is 149 Å². The molecular formula is C19H18N2O3S. The molecule has 128 valence electrons. The fourth-order valence-corrected chi connectivity index (χ4v) is 4.20. The van der Waals surface area contributed by atoms with Gasteiger partial charge in [0.1, 0.15) is 0 Å². The third-order valence-electron chi connectivity index (χ3n) is 4.56. The van der Waals surface area contributed by atoms with Gasteiger partial charge in [-0.2, -0.15) is 4.98 Å². The summed E-state index contributed by atoms with van der Waals surface area (Å²) in [4.78, 5) is 15.1. The highest BCUT2D eigenvalue weighted by molar-refractivity contribution is 7.12. The Morgan fingerprint density at radius 1 is 1.36 bits per heavy atom. The van der Waals surface area contributed by atoms with Gasteiger partial charge in [-0.15, -0.1) is 11.3 Å². The summed E-state index contributed by atoms with van der Waals surface area (Å²) in [6.07, 6.45) is 1.86. The van der Waals surface area contributed by atoms with Gasteiger partial charge in [0.05, 0.1) is 11.1 Å². The second-order valence-electron chi connectivity index (χ2n) is 6.39. The van der Waals surface area contributed by atoms with Gasteiger partial charge in [0.25, 0.3) is 0 Å². The third-order valence-corrected chi connectivity index (χ3v) is 5.36. The molecule has 1 unspecified atom stereocenters. The van der Waals surface area contributed by atoms with Gasteiger partial charge in [0.15, 0.2) is 5.13 Å². The average Bonchev–Trinajstić information content (AvgIpc) is 3.18. The summed E-state index contributed by atoms with van der Waals surface area (Å²) < 4.78 is 6.86. The van der Waals surface area contributed by atoms with Crippen molar-refractivity contribution in [3.63, 3.8) is 0 Å². The largest absolute Gasteiger partial charge is 0.512 e. The number of nitrogens with zero attached hydrogens (tertiary/aromatic N) is 2. The molecule has 1 aliphatic rings. The molecule has 5 nitrogen and oxygen atoms in total. The molecule has 1 aliphatic carbocycles. The van der Waals surface area contributed by atoms with Crippen LogP contribution in [0.3, 0.4) is 0 Å². The zero-order valence-electron chi connectivity index (χ0n) is 13.8. The van der Waals surface area contributed by atoms with E-state index in [1.165, 1.54) is 22.6 Å². The van der Waals surface area contributed by atoms with Crippen LogP contribution in [-0.2, 0) is 12.8 Å². The first-order valence-corrected chi connectivity index (χ1v) is 9.15. The molecular weight excluding hydrogens is 336 g/mol. The first-order valence-electron chi connectivity index (χ1n) is 8.27. The van der Waals surface area contributed by atoms with Crippen molar-refractivity contribution in [2.75, 3.05) is 0 Å². The minimum atomic E-state index is -1.34. The molecule has 1 aromatic carbocycles. The predicted octanol–water partition coefficient (Wildman–Crippen LogP) is 4.78. The third kappa shape index (κ3) is 3.05. The smallest absolute Gasteiger partial charge is 0.449 e. The number of benzene rings is 1. The number of rotatable bonds is 3. The fraction of sp³-hybridized carbons (Fsp3) is 0.263. The van der Waals surface area contributed by atoms with Crippen LogP contribution in [0.5, 0.6) is 5.88 Å². The highest BCUT2D eigenvalue weighted by Gasteiger charge is 2.24. The van der Waals surface area contributed by atoms with Crippen LogP contribution >= 0.6 is 11.3 Å². The van der Waals surface area contributed by atoms with Gasteiger partial charge in [-0.3, -0.25) is 4.57 Å². The van der Waals surface area contributed by atoms with Crippen molar-refractivity contribution in [1.82, 2.24) is 9.55 Å². The van der Waals surface area contributed by atoms with E-state index < -0.39 is 6.16 Å². The molecule has 25 heavy (non-hydrogen) atoms. The molecule has 0 spiro atoms. The Morgan fingerprint density at radius 2 is 2.16 bits per heavy atom. The summed E-state index contributed by atoms with van der Waals surface area (Å²) >= 11 is 1.40. The number of hydrogen-bond acceptors (Lipinski definition) is 4. The van der Waals surface area contributed by atoms with E-state index in [1.807, 2.05) is 18.2 Å². The van der Waals surface area contributed by atoms with E-state index >= 15 is 0 Å². The van der Waals surface area contributed by atoms with E-state index in [1.54, 1.807) is 5.38 Å². The molecule has 4 rings (SSSR count). The van der Waals surface area contributed by atoms with Crippen LogP contribution in [0.25, 0.3) is 16.4 Å². The monoisotopic (exact) mass is 354 g/mol. The average molecular weight is 354 g/mol. The number of fused-ring (bicyclic) bond motifs is 1. The summed E-state index contributed by atoms with van der Waals surface area (Å²) in [7, 11) is 0. The molecule has 0 fully saturated rings. The Bertz CT molecular complexity index is 914. The summed E-state index contributed by atoms with van der Waals surface area (Å²) in [6, 6.07) is 12.5. The lowest BCUT2D eigenvalue weighted by molar-refractivity contribution is 0.143. The molecule has 0 amide bonds. The standard InChI is InChI=1S/C19H18N2O3S/c1-12-7-8-15-14(9-12)10-16(13-5-3-2-4-6-13)21(15)18-20-17(11-25-18)24-19(22)23/h2-6,10-12H,7-9H2,1H3,(H,22,23). The molecule has 0 saturated carbocycles. The Balaban J connectivity index is 1.85. The molecule has 0 bridgehead atoms. The van der Waals surface area contributed by atoms with Crippen molar-refractivity contribution in [2.24, 2.45) is 5.92 Å². The first kappa shape index (κ1) is 15.9. The number of carboxylic acid groups (broad SMARTS) is 1. The van der Waals surface area contributed by atoms with Crippen molar-refractivity contribution in [1.29, 1.82) is 0 Å². The molecule has 1 atom stereocenters. The lowest BCUT2D eigenvalue weighted by Crippen LogP contribution is -2.13. The number of hydrogen-bond donors (Lipinski definition) is 1. The lowest BCUT2D eigenvalue weighted by Gasteiger charge is -2.20. The first-order chi connectivity index (χ1) is 12.1. The van der Waals surface area contributed by atoms with E-state index in [0.717, 1.165) is 35.7 Å². The van der Waals surface area contributed by atoms with Crippen molar-refractivity contribution < 1.29 is 14.6 Å². The van der Waals surface area contributed by atoms with Gasteiger partial charge >= 0.3 is 6.16 Å². The zero-order valence-corrected chi connectivity index (χ0v) is 14.6. The van der Waals surface area contributed by atoms with Crippen LogP contribution in [0.4, 0.5) is 4.79 Å². The molecule has 0 aliphatic heterocycles. The highest BCUT2D eigenvalue weighted by atomic mass is 32.1. The lowest BCUT2D eigenvalue weighted by atomic mass is 9.89. The second kappa shape index (κ2) is 6.37. The number of thiazole rings is 1. The number of carbonyl (C=O) groups is 1. The molecule has 0 radical (unpaired) electrons. The molecule has 1 N–H and O–H groups in total.